The van der Waals surface area contributed by atoms with Crippen LogP contribution >= 0.6 is 11.6 Å². The van der Waals surface area contributed by atoms with Crippen LogP contribution in [0.3, 0.4) is 0 Å². The molecule has 2 aromatic rings. The third-order valence-electron chi connectivity index (χ3n) is 10.4. The highest BCUT2D eigenvalue weighted by molar-refractivity contribution is 6.33. The van der Waals surface area contributed by atoms with Crippen LogP contribution in [-0.4, -0.2) is 23.4 Å². The predicted molar refractivity (Wildman–Crippen MR) is 203 cm³/mol. The van der Waals surface area contributed by atoms with E-state index in [0.717, 1.165) is 43.8 Å². The SMILES string of the molecule is CC=c1ccc2c(c1=CC)C(C)(C)C(=CC=C1CCC(C=CC3=[N+](CCC)c4ccc(=CC)c(=CC)c4C3(C)C)=C1Cl)N2CCC. The van der Waals surface area contributed by atoms with Gasteiger partial charge in [-0.05, 0) is 117 Å². The fraction of sp³-hybridized carbons (Fsp3) is 0.419. The number of allylic oxidation sites excluding steroid dienone is 8. The Morgan fingerprint density at radius 3 is 2.02 bits per heavy atom. The number of halogens is 1. The topological polar surface area (TPSA) is 6.25 Å². The van der Waals surface area contributed by atoms with E-state index in [0.29, 0.717) is 0 Å². The fourth-order valence-electron chi connectivity index (χ4n) is 8.22. The number of hydrogen-bond acceptors (Lipinski definition) is 1. The lowest BCUT2D eigenvalue weighted by Crippen LogP contribution is -2.37. The predicted octanol–water partition coefficient (Wildman–Crippen LogP) is 8.54. The van der Waals surface area contributed by atoms with Gasteiger partial charge in [0.2, 0.25) is 5.69 Å². The Hall–Kier alpha value is -3.36. The Balaban J connectivity index is 1.54. The molecule has 2 heterocycles. The molecular formula is C43H54ClN2+. The molecule has 0 unspecified atom stereocenters. The van der Waals surface area contributed by atoms with E-state index in [1.165, 1.54) is 65.9 Å². The summed E-state index contributed by atoms with van der Waals surface area (Å²) in [5.41, 5.74) is 10.5. The van der Waals surface area contributed by atoms with Gasteiger partial charge in [0.1, 0.15) is 6.54 Å². The molecule has 0 saturated carbocycles. The number of fused-ring (bicyclic) bond motifs is 2. The Morgan fingerprint density at radius 2 is 1.41 bits per heavy atom. The van der Waals surface area contributed by atoms with Crippen LogP contribution in [-0.2, 0) is 10.8 Å². The minimum absolute atomic E-state index is 0.105. The maximum atomic E-state index is 7.18. The fourth-order valence-corrected chi connectivity index (χ4v) is 8.54. The van der Waals surface area contributed by atoms with Crippen LogP contribution in [0.5, 0.6) is 0 Å². The van der Waals surface area contributed by atoms with Gasteiger partial charge in [0, 0.05) is 52.5 Å². The van der Waals surface area contributed by atoms with Crippen molar-refractivity contribution in [3.05, 3.63) is 102 Å². The standard InChI is InChI=1S/C43H54ClN2/c1-11-27-45-35-23-19-29(13-3)33(15-5)39(35)42(7,8)37(45)25-21-31-17-18-32(41(31)44)22-26-38-43(9,10)40-34(16-6)30(14-4)20-24-36(40)46(38)28-12-2/h13-16,19-26H,11-12,17-18,27-28H2,1-10H3/q+1. The van der Waals surface area contributed by atoms with Gasteiger partial charge in [0.05, 0.1) is 5.41 Å². The molecule has 0 amide bonds. The van der Waals surface area contributed by atoms with Crippen LogP contribution in [0.1, 0.15) is 106 Å². The number of anilines is 1. The third kappa shape index (κ3) is 5.51. The van der Waals surface area contributed by atoms with Crippen molar-refractivity contribution in [1.82, 2.24) is 0 Å². The van der Waals surface area contributed by atoms with Gasteiger partial charge in [-0.2, -0.15) is 4.58 Å². The first kappa shape index (κ1) is 34.0. The maximum absolute atomic E-state index is 7.18. The first-order valence-electron chi connectivity index (χ1n) is 17.4. The van der Waals surface area contributed by atoms with Gasteiger partial charge in [-0.25, -0.2) is 0 Å². The van der Waals surface area contributed by atoms with Crippen molar-refractivity contribution in [3.63, 3.8) is 0 Å². The first-order chi connectivity index (χ1) is 22.0. The Bertz CT molecular complexity index is 1960. The zero-order chi connectivity index (χ0) is 33.4. The second-order valence-corrected chi connectivity index (χ2v) is 14.3. The van der Waals surface area contributed by atoms with Crippen molar-refractivity contribution in [2.45, 2.75) is 106 Å². The van der Waals surface area contributed by atoms with Crippen molar-refractivity contribution in [1.29, 1.82) is 0 Å². The van der Waals surface area contributed by atoms with Gasteiger partial charge in [0.25, 0.3) is 0 Å². The maximum Gasteiger partial charge on any atom is 0.210 e. The molecule has 2 nitrogen and oxygen atoms in total. The number of benzene rings is 2. The van der Waals surface area contributed by atoms with E-state index >= 15 is 0 Å². The zero-order valence-electron chi connectivity index (χ0n) is 29.9. The lowest BCUT2D eigenvalue weighted by atomic mass is 9.79. The molecule has 0 atom stereocenters. The van der Waals surface area contributed by atoms with E-state index < -0.39 is 0 Å². The molecule has 0 radical (unpaired) electrons. The molecule has 0 N–H and O–H groups in total. The Kier molecular flexibility index (Phi) is 9.90. The summed E-state index contributed by atoms with van der Waals surface area (Å²) in [5, 5.41) is 6.23. The summed E-state index contributed by atoms with van der Waals surface area (Å²) < 4.78 is 2.54. The van der Waals surface area contributed by atoms with Crippen LogP contribution in [0.4, 0.5) is 11.4 Å². The number of rotatable bonds is 7. The first-order valence-corrected chi connectivity index (χ1v) is 17.8. The lowest BCUT2D eigenvalue weighted by Gasteiger charge is -2.26. The quantitative estimate of drug-likeness (QED) is 0.277. The van der Waals surface area contributed by atoms with Crippen LogP contribution in [0.25, 0.3) is 24.3 Å². The average molecular weight is 634 g/mol. The monoisotopic (exact) mass is 633 g/mol. The minimum atomic E-state index is -0.105. The van der Waals surface area contributed by atoms with E-state index in [1.54, 1.807) is 0 Å². The summed E-state index contributed by atoms with van der Waals surface area (Å²) in [5.74, 6) is 0. The van der Waals surface area contributed by atoms with Gasteiger partial charge in [-0.1, -0.05) is 81.8 Å². The molecule has 3 heteroatoms. The summed E-state index contributed by atoms with van der Waals surface area (Å²) >= 11 is 7.18. The smallest absolute Gasteiger partial charge is 0.210 e. The molecule has 3 aliphatic rings. The molecule has 46 heavy (non-hydrogen) atoms. The molecule has 0 aromatic heterocycles. The molecule has 2 aromatic carbocycles. The second kappa shape index (κ2) is 13.4. The molecule has 242 valence electrons. The van der Waals surface area contributed by atoms with E-state index in [2.05, 4.69) is 152 Å². The Labute approximate surface area is 282 Å². The summed E-state index contributed by atoms with van der Waals surface area (Å²) in [6.45, 7) is 24.6. The highest BCUT2D eigenvalue weighted by Crippen LogP contribution is 2.46. The van der Waals surface area contributed by atoms with Gasteiger partial charge < -0.3 is 4.90 Å². The normalized spacial score (nSPS) is 22.2. The molecule has 1 aliphatic carbocycles. The van der Waals surface area contributed by atoms with E-state index in [1.807, 2.05) is 0 Å². The molecule has 0 spiro atoms. The summed E-state index contributed by atoms with van der Waals surface area (Å²) in [6.07, 6.45) is 22.4. The van der Waals surface area contributed by atoms with Gasteiger partial charge >= 0.3 is 0 Å². The van der Waals surface area contributed by atoms with E-state index in [-0.39, 0.29) is 10.8 Å². The molecular weight excluding hydrogens is 580 g/mol. The molecule has 0 fully saturated rings. The number of hydrogen-bond donors (Lipinski definition) is 0. The zero-order valence-corrected chi connectivity index (χ0v) is 30.7. The van der Waals surface area contributed by atoms with Crippen molar-refractivity contribution in [3.8, 4) is 0 Å². The van der Waals surface area contributed by atoms with Crippen LogP contribution in [0, 0.1) is 0 Å². The van der Waals surface area contributed by atoms with Crippen molar-refractivity contribution in [2.75, 3.05) is 18.0 Å². The summed E-state index contributed by atoms with van der Waals surface area (Å²) in [4.78, 5) is 2.54. The number of nitrogens with zero attached hydrogens (tertiary/aromatic N) is 2. The molecule has 2 aliphatic heterocycles. The van der Waals surface area contributed by atoms with E-state index in [4.69, 9.17) is 11.6 Å². The summed E-state index contributed by atoms with van der Waals surface area (Å²) in [7, 11) is 0. The second-order valence-electron chi connectivity index (χ2n) is 13.9. The van der Waals surface area contributed by atoms with E-state index in [9.17, 15) is 0 Å². The highest BCUT2D eigenvalue weighted by atomic mass is 35.5. The Morgan fingerprint density at radius 1 is 0.761 bits per heavy atom. The van der Waals surface area contributed by atoms with Crippen molar-refractivity contribution < 1.29 is 4.58 Å². The van der Waals surface area contributed by atoms with Crippen molar-refractivity contribution >= 4 is 53.0 Å². The van der Waals surface area contributed by atoms with Crippen LogP contribution < -0.4 is 25.8 Å². The van der Waals surface area contributed by atoms with Crippen molar-refractivity contribution in [2.24, 2.45) is 0 Å². The molecule has 0 bridgehead atoms. The summed E-state index contributed by atoms with van der Waals surface area (Å²) in [6, 6.07) is 9.19. The third-order valence-corrected chi connectivity index (χ3v) is 10.9. The van der Waals surface area contributed by atoms with Gasteiger partial charge in [-0.3, -0.25) is 0 Å². The van der Waals surface area contributed by atoms with Gasteiger partial charge in [-0.15, -0.1) is 0 Å². The van der Waals surface area contributed by atoms with Gasteiger partial charge in [0.15, 0.2) is 5.71 Å². The highest BCUT2D eigenvalue weighted by Gasteiger charge is 2.45. The van der Waals surface area contributed by atoms with Crippen LogP contribution in [0.15, 0.2) is 70.4 Å². The molecule has 5 rings (SSSR count). The largest absolute Gasteiger partial charge is 0.344 e. The average Bonchev–Trinajstić information content (AvgIpc) is 3.58. The molecule has 0 saturated heterocycles. The van der Waals surface area contributed by atoms with Crippen LogP contribution in [0.2, 0.25) is 0 Å². The minimum Gasteiger partial charge on any atom is -0.344 e. The lowest BCUT2D eigenvalue weighted by molar-refractivity contribution is -0.437.